The van der Waals surface area contributed by atoms with Gasteiger partial charge in [0.2, 0.25) is 100 Å². The number of piperidine rings is 1. The number of H-pyrrole nitrogens is 2. The van der Waals surface area contributed by atoms with E-state index in [1.165, 1.54) is 78.4 Å². The third kappa shape index (κ3) is 27.7. The van der Waals surface area contributed by atoms with Crippen LogP contribution in [-0.4, -0.2) is 303 Å². The van der Waals surface area contributed by atoms with Crippen LogP contribution in [0, 0.1) is 5.92 Å². The number of carboxylic acids is 1. The number of benzene rings is 3. The molecule has 0 bridgehead atoms. The van der Waals surface area contributed by atoms with Crippen molar-refractivity contribution in [2.75, 3.05) is 46.8 Å². The van der Waals surface area contributed by atoms with Gasteiger partial charge in [-0.05, 0) is 112 Å². The maximum absolute atomic E-state index is 15.8. The quantitative estimate of drug-likeness (QED) is 0.0310. The Morgan fingerprint density at radius 3 is 1.74 bits per heavy atom. The number of fused-ring (bicyclic) bond motifs is 5. The van der Waals surface area contributed by atoms with Crippen LogP contribution in [0.15, 0.2) is 97.7 Å². The minimum Gasteiger partial charge on any atom is -0.508 e. The SMILES string of the molecule is CCCC[C@H]1C(=O)N(C)[C@@H](CCCC)C(=O)N[C@@H](CC(C)C)C(=O)N[C@H](C(N)=O)CNCC(=O)N[C@@H](Cc2ccc(O)cc2)C(=O)N2CCCC[C@H]2C(=O)N[C@@H](CC(N)=O)C(=O)N2CCC[C@H]2C(=O)N[C@@H](Cc2c[nH]cn2)C(=O)N[C@@H](CCC(N)=O)C(=O)N2C[C@H](O)C[C@H]2C(=O)N[C@@H](Cc2c[nH]c3ccccc23)C(=O)N[C@@H](C)C(=O)N[C@@H](Cc2cn(CC(=O)O)c3ccccc23)C(=O)N1C. The number of aliphatic hydroxyl groups is 1. The number of aliphatic carboxylic acids is 1. The van der Waals surface area contributed by atoms with Gasteiger partial charge in [0.1, 0.15) is 96.9 Å². The molecule has 3 aromatic heterocycles. The second-order valence-corrected chi connectivity index (χ2v) is 35.6. The highest BCUT2D eigenvalue weighted by Crippen LogP contribution is 2.30. The summed E-state index contributed by atoms with van der Waals surface area (Å²) in [7, 11) is 2.71. The van der Waals surface area contributed by atoms with Gasteiger partial charge in [0, 0.05) is 119 Å². The van der Waals surface area contributed by atoms with E-state index < -0.39 is 255 Å². The lowest BCUT2D eigenvalue weighted by atomic mass is 9.97. The Balaban J connectivity index is 1.02. The number of phenols is 1. The number of carboxylic acid groups (broad SMARTS) is 1. The Hall–Kier alpha value is -13.9. The van der Waals surface area contributed by atoms with Crippen LogP contribution in [0.4, 0.5) is 0 Å². The maximum atomic E-state index is 15.8. The van der Waals surface area contributed by atoms with Crippen molar-refractivity contribution in [3.05, 3.63) is 120 Å². The van der Waals surface area contributed by atoms with Gasteiger partial charge in [-0.3, -0.25) is 86.3 Å². The molecular weight excluding hydrogens is 1750 g/mol. The van der Waals surface area contributed by atoms with E-state index in [-0.39, 0.29) is 88.2 Å². The largest absolute Gasteiger partial charge is 0.508 e. The van der Waals surface area contributed by atoms with Gasteiger partial charge in [0.15, 0.2) is 0 Å². The molecule has 730 valence electrons. The van der Waals surface area contributed by atoms with E-state index in [1.54, 1.807) is 68.6 Å². The topological polar surface area (TPSA) is 632 Å². The first kappa shape index (κ1) is 103. The van der Waals surface area contributed by atoms with Gasteiger partial charge >= 0.3 is 5.97 Å². The number of aromatic nitrogens is 4. The van der Waals surface area contributed by atoms with Crippen LogP contribution >= 0.6 is 0 Å². The highest BCUT2D eigenvalue weighted by molar-refractivity contribution is 6.03. The Kier molecular flexibility index (Phi) is 36.8. The average molecular weight is 1880 g/mol. The number of phenolic OH excluding ortho intramolecular Hbond substituents is 1. The molecule has 43 nitrogen and oxygen atoms in total. The minimum atomic E-state index is -1.77. The molecule has 4 fully saturated rings. The second kappa shape index (κ2) is 48.2. The molecule has 4 aliphatic heterocycles. The predicted octanol–water partition coefficient (Wildman–Crippen LogP) is -2.07. The first-order valence-corrected chi connectivity index (χ1v) is 45.8. The number of aromatic amines is 2. The highest BCUT2D eigenvalue weighted by atomic mass is 16.4. The number of nitrogens with two attached hydrogens (primary N) is 3. The number of unbranched alkanes of at least 4 members (excludes halogenated alkanes) is 2. The number of para-hydroxylation sites is 2. The zero-order valence-electron chi connectivity index (χ0n) is 76.9. The molecule has 0 saturated carbocycles. The van der Waals surface area contributed by atoms with Gasteiger partial charge in [0.25, 0.3) is 0 Å². The van der Waals surface area contributed by atoms with Crippen molar-refractivity contribution >= 4 is 128 Å². The summed E-state index contributed by atoms with van der Waals surface area (Å²) >= 11 is 0. The van der Waals surface area contributed by atoms with Gasteiger partial charge in [0.05, 0.1) is 31.1 Å². The summed E-state index contributed by atoms with van der Waals surface area (Å²) in [5, 5.41) is 59.9. The molecule has 0 unspecified atom stereocenters. The van der Waals surface area contributed by atoms with Crippen molar-refractivity contribution in [3.63, 3.8) is 0 Å². The fourth-order valence-corrected chi connectivity index (χ4v) is 17.8. The van der Waals surface area contributed by atoms with Crippen LogP contribution in [0.1, 0.15) is 160 Å². The lowest BCUT2D eigenvalue weighted by molar-refractivity contribution is -0.149. The maximum Gasteiger partial charge on any atom is 0.323 e. The van der Waals surface area contributed by atoms with Crippen molar-refractivity contribution in [3.8, 4) is 5.75 Å². The zero-order chi connectivity index (χ0) is 98.2. The Labute approximate surface area is 779 Å². The van der Waals surface area contributed by atoms with Crippen LogP contribution < -0.4 is 70.4 Å². The van der Waals surface area contributed by atoms with E-state index in [4.69, 9.17) is 17.2 Å². The first-order valence-electron chi connectivity index (χ1n) is 45.8. The van der Waals surface area contributed by atoms with Gasteiger partial charge in [-0.1, -0.05) is 102 Å². The third-order valence-electron chi connectivity index (χ3n) is 24.9. The number of aliphatic hydroxyl groups excluding tert-OH is 1. The molecule has 10 rings (SSSR count). The van der Waals surface area contributed by atoms with Gasteiger partial charge in [-0.2, -0.15) is 0 Å². The van der Waals surface area contributed by atoms with Crippen molar-refractivity contribution in [2.45, 2.75) is 260 Å². The summed E-state index contributed by atoms with van der Waals surface area (Å²) in [6, 6.07) is -2.19. The van der Waals surface area contributed by atoms with Crippen LogP contribution in [0.25, 0.3) is 21.8 Å². The van der Waals surface area contributed by atoms with Crippen molar-refractivity contribution < 1.29 is 102 Å². The van der Waals surface area contributed by atoms with Crippen LogP contribution in [-0.2, 0) is 119 Å². The highest BCUT2D eigenvalue weighted by Gasteiger charge is 2.47. The van der Waals surface area contributed by atoms with E-state index in [0.29, 0.717) is 77.0 Å². The monoisotopic (exact) mass is 1870 g/mol. The molecular formula is C92H126N22O21. The number of aromatic hydroxyl groups is 1. The van der Waals surface area contributed by atoms with Crippen molar-refractivity contribution in [1.82, 2.24) is 97.2 Å². The van der Waals surface area contributed by atoms with Crippen molar-refractivity contribution in [1.29, 1.82) is 0 Å². The molecule has 6 aromatic rings. The number of likely N-dealkylation sites (N-methyl/N-ethyl adjacent to an activating group) is 2. The fraction of sp³-hybridized carbons (Fsp3) is 0.533. The van der Waals surface area contributed by atoms with E-state index in [0.717, 1.165) is 14.7 Å². The molecule has 15 atom stereocenters. The summed E-state index contributed by atoms with van der Waals surface area (Å²) in [6.45, 7) is 6.12. The minimum absolute atomic E-state index is 0.00207. The molecule has 135 heavy (non-hydrogen) atoms. The number of imidazole rings is 1. The molecule has 3 aromatic carbocycles. The van der Waals surface area contributed by atoms with E-state index in [1.807, 2.05) is 13.8 Å². The van der Waals surface area contributed by atoms with Gasteiger partial charge in [-0.25, -0.2) is 4.98 Å². The summed E-state index contributed by atoms with van der Waals surface area (Å²) < 4.78 is 1.44. The number of nitrogens with zero attached hydrogens (tertiary/aromatic N) is 7. The van der Waals surface area contributed by atoms with Crippen LogP contribution in [0.5, 0.6) is 5.75 Å². The molecule has 0 aliphatic carbocycles. The molecule has 7 heterocycles. The smallest absolute Gasteiger partial charge is 0.323 e. The Morgan fingerprint density at radius 2 is 1.10 bits per heavy atom. The molecule has 4 aliphatic rings. The number of hydrogen-bond acceptors (Lipinski definition) is 22. The molecule has 43 heteroatoms. The van der Waals surface area contributed by atoms with Crippen LogP contribution in [0.3, 0.4) is 0 Å². The van der Waals surface area contributed by atoms with Crippen molar-refractivity contribution in [2.24, 2.45) is 23.1 Å². The van der Waals surface area contributed by atoms with E-state index in [2.05, 4.69) is 68.1 Å². The molecule has 17 amide bonds. The number of carbonyl (C=O) groups is 18. The van der Waals surface area contributed by atoms with E-state index in [9.17, 15) is 53.7 Å². The van der Waals surface area contributed by atoms with Gasteiger partial charge in [-0.15, -0.1) is 0 Å². The standard InChI is InChI=1S/C92H126N22O21/c1-8-10-22-70-84(127)103-62(35-50(3)4)82(125)108-68(79(95)122)44-96-45-77(119)101-65(36-52-27-29-56(115)30-28-52)90(133)112-33-17-16-25-71(112)86(129)107-67(41-76(94)118)91(134)113-34-18-26-72(113)85(128)105-64(39-55-43-97-49-99-55)83(126)102-61(31-32-75(93)117)89(132)114-47-57(116)40-74(114)87(130)104-63(37-53-42-98-60-21-14-12-19-58(53)60)81(124)100-51(5)80(123)106-66(88(131)110(7)73(23-11-9-2)92(135)109(70)6)38-54-46-111(48-78(120)121)69-24-15-13-20-59(54)69/h12-15,19-21,24,27-30,42-43,46,49-51,57,61-68,70-74,96,98,115-116H,8-11,16-18,22-23,25-26,31-41,44-45,47-48H2,1-7H3,(H2,93,117)(H2,94,118)(H2,95,122)(H,97,99)(H,100,124)(H,101,119)(H,102,126)(H,103,127)(H,104,130)(H,105,128)(H,106,123)(H,107,129)(H,108,125)(H,120,121)/t51-,57+,61-,62-,63-,64-,65-,66-,67-,68-,70-,71-,72-,73-,74-/m0/s1. The molecule has 0 spiro atoms. The summed E-state index contributed by atoms with van der Waals surface area (Å²) in [6.07, 6.45) is 3.29. The van der Waals surface area contributed by atoms with Crippen LogP contribution in [0.2, 0.25) is 0 Å². The number of carbonyl (C=O) groups excluding carboxylic acids is 17. The number of rotatable bonds is 24. The normalized spacial score (nSPS) is 25.3. The Morgan fingerprint density at radius 1 is 0.533 bits per heavy atom. The lowest BCUT2D eigenvalue weighted by Gasteiger charge is -2.38. The summed E-state index contributed by atoms with van der Waals surface area (Å²) in [5.74, 6) is -17.6. The zero-order valence-corrected chi connectivity index (χ0v) is 76.9. The predicted molar refractivity (Wildman–Crippen MR) is 489 cm³/mol. The molecule has 4 saturated heterocycles. The number of amides is 17. The third-order valence-corrected chi connectivity index (χ3v) is 24.9. The lowest BCUT2D eigenvalue weighted by Crippen LogP contribution is -2.62. The molecule has 0 radical (unpaired) electrons. The molecule has 21 N–H and O–H groups in total. The second-order valence-electron chi connectivity index (χ2n) is 35.6. The van der Waals surface area contributed by atoms with Gasteiger partial charge < -0.3 is 125 Å². The summed E-state index contributed by atoms with van der Waals surface area (Å²) in [5.41, 5.74) is 19.9. The number of primary amides is 3. The van der Waals surface area contributed by atoms with E-state index >= 15 is 47.9 Å². The number of nitrogens with one attached hydrogen (secondary N) is 12. The first-order chi connectivity index (χ1) is 64.3. The average Bonchev–Trinajstić information content (AvgIpc) is 1.63. The number of hydrogen-bond donors (Lipinski definition) is 18. The fourth-order valence-electron chi connectivity index (χ4n) is 17.8. The Bertz CT molecular complexity index is 5290. The summed E-state index contributed by atoms with van der Waals surface area (Å²) in [4.78, 5) is 279.